The minimum atomic E-state index is -4.38. The van der Waals surface area contributed by atoms with E-state index in [1.54, 1.807) is 19.1 Å². The molecule has 0 aromatic heterocycles. The van der Waals surface area contributed by atoms with Crippen LogP contribution in [0.4, 0.5) is 10.1 Å². The molecule has 1 atom stereocenters. The van der Waals surface area contributed by atoms with Crippen LogP contribution in [0.3, 0.4) is 0 Å². The van der Waals surface area contributed by atoms with Gasteiger partial charge in [0.05, 0.1) is 10.6 Å². The maximum absolute atomic E-state index is 15.2. The number of hydrogen-bond acceptors (Lipinski definition) is 4. The van der Waals surface area contributed by atoms with E-state index in [1.165, 1.54) is 35.2 Å². The smallest absolute Gasteiger partial charge is 0.264 e. The number of sulfonamides is 1. The van der Waals surface area contributed by atoms with Gasteiger partial charge in [-0.2, -0.15) is 0 Å². The second-order valence-corrected chi connectivity index (χ2v) is 12.8. The number of aryl methyl sites for hydroxylation is 1. The number of benzene rings is 4. The number of nitrogens with zero attached hydrogens (tertiary/aromatic N) is 2. The van der Waals surface area contributed by atoms with Gasteiger partial charge in [-0.25, -0.2) is 12.8 Å². The van der Waals surface area contributed by atoms with Crippen LogP contribution in [0.5, 0.6) is 0 Å². The molecule has 1 N–H and O–H groups in total. The Morgan fingerprint density at radius 2 is 1.53 bits per heavy atom. The van der Waals surface area contributed by atoms with Crippen LogP contribution in [0.15, 0.2) is 112 Å². The fraction of sp³-hybridized carbons (Fsp3) is 0.212. The van der Waals surface area contributed by atoms with Crippen LogP contribution >= 0.6 is 15.9 Å². The van der Waals surface area contributed by atoms with E-state index in [1.807, 2.05) is 61.5 Å². The predicted octanol–water partition coefficient (Wildman–Crippen LogP) is 5.87. The summed E-state index contributed by atoms with van der Waals surface area (Å²) in [5.74, 6) is -1.84. The number of halogens is 2. The van der Waals surface area contributed by atoms with E-state index in [0.29, 0.717) is 6.54 Å². The molecule has 0 aliphatic rings. The van der Waals surface area contributed by atoms with Gasteiger partial charge in [0.15, 0.2) is 0 Å². The zero-order valence-electron chi connectivity index (χ0n) is 23.9. The molecule has 2 amide bonds. The highest BCUT2D eigenvalue weighted by Gasteiger charge is 2.35. The highest BCUT2D eigenvalue weighted by Crippen LogP contribution is 2.27. The lowest BCUT2D eigenvalue weighted by Gasteiger charge is -2.34. The van der Waals surface area contributed by atoms with Gasteiger partial charge < -0.3 is 10.2 Å². The zero-order chi connectivity index (χ0) is 31.0. The summed E-state index contributed by atoms with van der Waals surface area (Å²) in [6, 6.07) is 27.1. The van der Waals surface area contributed by atoms with Crippen LogP contribution in [-0.4, -0.2) is 44.3 Å². The topological polar surface area (TPSA) is 86.8 Å². The van der Waals surface area contributed by atoms with E-state index in [2.05, 4.69) is 21.2 Å². The Bertz CT molecular complexity index is 1670. The zero-order valence-corrected chi connectivity index (χ0v) is 26.3. The summed E-state index contributed by atoms with van der Waals surface area (Å²) in [4.78, 5) is 29.1. The van der Waals surface area contributed by atoms with Crippen LogP contribution in [0.2, 0.25) is 0 Å². The molecule has 43 heavy (non-hydrogen) atoms. The molecule has 0 radical (unpaired) electrons. The van der Waals surface area contributed by atoms with E-state index in [-0.39, 0.29) is 29.5 Å². The second-order valence-electron chi connectivity index (χ2n) is 10.0. The lowest BCUT2D eigenvalue weighted by atomic mass is 10.0. The Morgan fingerprint density at radius 3 is 2.19 bits per heavy atom. The predicted molar refractivity (Wildman–Crippen MR) is 169 cm³/mol. The Labute approximate surface area is 260 Å². The van der Waals surface area contributed by atoms with E-state index in [9.17, 15) is 18.0 Å². The number of carbonyl (C=O) groups is 2. The van der Waals surface area contributed by atoms with Gasteiger partial charge >= 0.3 is 0 Å². The van der Waals surface area contributed by atoms with Gasteiger partial charge in [-0.3, -0.25) is 13.9 Å². The maximum Gasteiger partial charge on any atom is 0.264 e. The lowest BCUT2D eigenvalue weighted by Crippen LogP contribution is -2.53. The van der Waals surface area contributed by atoms with Gasteiger partial charge in [0.2, 0.25) is 11.8 Å². The molecule has 0 saturated carbocycles. The quantitative estimate of drug-likeness (QED) is 0.205. The van der Waals surface area contributed by atoms with Gasteiger partial charge in [0, 0.05) is 24.0 Å². The molecular formula is C33H33BrFN3O4S. The third-order valence-electron chi connectivity index (χ3n) is 6.87. The Hall–Kier alpha value is -4.02. The summed E-state index contributed by atoms with van der Waals surface area (Å²) in [6.45, 7) is 3.24. The van der Waals surface area contributed by atoms with E-state index in [4.69, 9.17) is 0 Å². The molecule has 0 unspecified atom stereocenters. The number of anilines is 1. The van der Waals surface area contributed by atoms with Crippen LogP contribution in [0, 0.1) is 12.7 Å². The van der Waals surface area contributed by atoms with Crippen LogP contribution in [-0.2, 0) is 32.6 Å². The van der Waals surface area contributed by atoms with Gasteiger partial charge in [0.1, 0.15) is 18.4 Å². The third kappa shape index (κ3) is 8.09. The minimum absolute atomic E-state index is 0.0165. The summed E-state index contributed by atoms with van der Waals surface area (Å²) in [6.07, 6.45) is 0.191. The first-order chi connectivity index (χ1) is 20.6. The standard InChI is InChI=1S/C33H33BrFN3O4S/c1-3-36-33(40)31(21-25-10-5-4-6-11-25)37(22-26-12-9-13-27(34)20-26)32(39)23-38(30-15-8-7-14-29(30)35)43(41,42)28-18-16-24(2)17-19-28/h4-20,31H,3,21-23H2,1-2H3,(H,36,40)/t31-/m1/s1. The molecule has 0 saturated heterocycles. The van der Waals surface area contributed by atoms with Crippen molar-refractivity contribution in [3.05, 3.63) is 130 Å². The highest BCUT2D eigenvalue weighted by atomic mass is 79.9. The van der Waals surface area contributed by atoms with E-state index in [0.717, 1.165) is 31.5 Å². The van der Waals surface area contributed by atoms with Crippen molar-refractivity contribution in [3.63, 3.8) is 0 Å². The van der Waals surface area contributed by atoms with Crippen molar-refractivity contribution in [2.24, 2.45) is 0 Å². The van der Waals surface area contributed by atoms with Crippen LogP contribution in [0.1, 0.15) is 23.6 Å². The second kappa shape index (κ2) is 14.4. The van der Waals surface area contributed by atoms with E-state index >= 15 is 4.39 Å². The summed E-state index contributed by atoms with van der Waals surface area (Å²) < 4.78 is 44.6. The molecule has 4 aromatic carbocycles. The molecular weight excluding hydrogens is 633 g/mol. The number of likely N-dealkylation sites (N-methyl/N-ethyl adjacent to an activating group) is 1. The van der Waals surface area contributed by atoms with Crippen molar-refractivity contribution in [2.45, 2.75) is 37.8 Å². The average molecular weight is 667 g/mol. The Balaban J connectivity index is 1.80. The van der Waals surface area contributed by atoms with Gasteiger partial charge in [-0.05, 0) is 61.4 Å². The molecule has 0 spiro atoms. The number of para-hydroxylation sites is 1. The molecule has 0 heterocycles. The lowest BCUT2D eigenvalue weighted by molar-refractivity contribution is -0.140. The monoisotopic (exact) mass is 665 g/mol. The third-order valence-corrected chi connectivity index (χ3v) is 9.14. The first kappa shape index (κ1) is 31.9. The SMILES string of the molecule is CCNC(=O)[C@@H](Cc1ccccc1)N(Cc1cccc(Br)c1)C(=O)CN(c1ccccc1F)S(=O)(=O)c1ccc(C)cc1. The summed E-state index contributed by atoms with van der Waals surface area (Å²) >= 11 is 3.46. The van der Waals surface area contributed by atoms with Crippen molar-refractivity contribution in [1.29, 1.82) is 0 Å². The average Bonchev–Trinajstić information content (AvgIpc) is 2.99. The highest BCUT2D eigenvalue weighted by molar-refractivity contribution is 9.10. The molecule has 224 valence electrons. The van der Waals surface area contributed by atoms with Crippen molar-refractivity contribution in [1.82, 2.24) is 10.2 Å². The van der Waals surface area contributed by atoms with Crippen LogP contribution < -0.4 is 9.62 Å². The number of amides is 2. The van der Waals surface area contributed by atoms with Crippen molar-refractivity contribution < 1.29 is 22.4 Å². The first-order valence-corrected chi connectivity index (χ1v) is 16.0. The van der Waals surface area contributed by atoms with Gasteiger partial charge in [-0.15, -0.1) is 0 Å². The molecule has 0 fully saturated rings. The fourth-order valence-corrected chi connectivity index (χ4v) is 6.55. The van der Waals surface area contributed by atoms with Crippen molar-refractivity contribution >= 4 is 43.5 Å². The normalized spacial score (nSPS) is 11.9. The molecule has 7 nitrogen and oxygen atoms in total. The number of carbonyl (C=O) groups excluding carboxylic acids is 2. The summed E-state index contributed by atoms with van der Waals surface area (Å²) in [7, 11) is -4.38. The summed E-state index contributed by atoms with van der Waals surface area (Å²) in [5, 5.41) is 2.82. The minimum Gasteiger partial charge on any atom is -0.355 e. The summed E-state index contributed by atoms with van der Waals surface area (Å²) in [5.41, 5.74) is 2.13. The Kier molecular flexibility index (Phi) is 10.7. The van der Waals surface area contributed by atoms with Crippen molar-refractivity contribution in [3.8, 4) is 0 Å². The number of nitrogens with one attached hydrogen (secondary N) is 1. The van der Waals surface area contributed by atoms with Crippen molar-refractivity contribution in [2.75, 3.05) is 17.4 Å². The van der Waals surface area contributed by atoms with Gasteiger partial charge in [0.25, 0.3) is 10.0 Å². The number of hydrogen-bond donors (Lipinski definition) is 1. The fourth-order valence-electron chi connectivity index (χ4n) is 4.68. The molecule has 4 aromatic rings. The Morgan fingerprint density at radius 1 is 0.884 bits per heavy atom. The molecule has 0 aliphatic carbocycles. The van der Waals surface area contributed by atoms with Gasteiger partial charge in [-0.1, -0.05) is 88.2 Å². The molecule has 0 aliphatic heterocycles. The molecule has 4 rings (SSSR count). The first-order valence-electron chi connectivity index (χ1n) is 13.8. The van der Waals surface area contributed by atoms with E-state index < -0.39 is 34.3 Å². The maximum atomic E-state index is 15.2. The largest absolute Gasteiger partial charge is 0.355 e. The molecule has 10 heteroatoms. The number of rotatable bonds is 12. The van der Waals surface area contributed by atoms with Crippen LogP contribution in [0.25, 0.3) is 0 Å². The molecule has 0 bridgehead atoms.